The lowest BCUT2D eigenvalue weighted by Crippen LogP contribution is -2.35. The molecule has 0 bridgehead atoms. The van der Waals surface area contributed by atoms with Crippen LogP contribution in [0.5, 0.6) is 0 Å². The van der Waals surface area contributed by atoms with Crippen LogP contribution in [-0.2, 0) is 20.5 Å². The highest BCUT2D eigenvalue weighted by Gasteiger charge is 2.22. The van der Waals surface area contributed by atoms with E-state index in [0.717, 1.165) is 18.2 Å². The van der Waals surface area contributed by atoms with Gasteiger partial charge in [0.25, 0.3) is 0 Å². The Kier molecular flexibility index (Phi) is 4.23. The van der Waals surface area contributed by atoms with Crippen molar-refractivity contribution in [3.8, 4) is 0 Å². The zero-order valence-corrected chi connectivity index (χ0v) is 12.4. The third-order valence-electron chi connectivity index (χ3n) is 3.58. The maximum absolute atomic E-state index is 12.3. The Morgan fingerprint density at radius 2 is 2.10 bits per heavy atom. The number of rotatable bonds is 4. The number of aromatic nitrogens is 1. The summed E-state index contributed by atoms with van der Waals surface area (Å²) in [6.07, 6.45) is 2.39. The van der Waals surface area contributed by atoms with Crippen LogP contribution >= 0.6 is 0 Å². The molecule has 3 rings (SSSR count). The largest absolute Gasteiger partial charge is 0.381 e. The van der Waals surface area contributed by atoms with Crippen molar-refractivity contribution in [2.75, 3.05) is 13.2 Å². The van der Waals surface area contributed by atoms with E-state index in [1.807, 2.05) is 18.2 Å². The van der Waals surface area contributed by atoms with Gasteiger partial charge in [0, 0.05) is 24.6 Å². The van der Waals surface area contributed by atoms with Crippen LogP contribution in [0.25, 0.3) is 11.0 Å². The molecule has 6 nitrogen and oxygen atoms in total. The highest BCUT2D eigenvalue weighted by molar-refractivity contribution is 7.88. The van der Waals surface area contributed by atoms with Crippen molar-refractivity contribution in [1.82, 2.24) is 9.88 Å². The minimum atomic E-state index is -3.44. The van der Waals surface area contributed by atoms with Crippen molar-refractivity contribution in [3.63, 3.8) is 0 Å². The van der Waals surface area contributed by atoms with Gasteiger partial charge < -0.3 is 9.26 Å². The molecule has 2 heterocycles. The van der Waals surface area contributed by atoms with Gasteiger partial charge >= 0.3 is 0 Å². The molecule has 1 aromatic heterocycles. The summed E-state index contributed by atoms with van der Waals surface area (Å²) in [5.74, 6) is -0.165. The Hall–Kier alpha value is -1.44. The maximum Gasteiger partial charge on any atom is 0.217 e. The van der Waals surface area contributed by atoms with E-state index >= 15 is 0 Å². The number of para-hydroxylation sites is 1. The molecule has 0 radical (unpaired) electrons. The van der Waals surface area contributed by atoms with Gasteiger partial charge in [-0.2, -0.15) is 0 Å². The molecule has 0 unspecified atom stereocenters. The number of hydrogen-bond acceptors (Lipinski definition) is 5. The molecule has 1 aliphatic rings. The van der Waals surface area contributed by atoms with Gasteiger partial charge in [-0.25, -0.2) is 13.1 Å². The molecule has 1 saturated heterocycles. The Bertz CT molecular complexity index is 703. The number of benzene rings is 1. The fraction of sp³-hybridized carbons (Fsp3) is 0.500. The molecule has 7 heteroatoms. The van der Waals surface area contributed by atoms with Crippen molar-refractivity contribution in [3.05, 3.63) is 30.0 Å². The number of nitrogens with one attached hydrogen (secondary N) is 1. The first-order valence-corrected chi connectivity index (χ1v) is 8.70. The average molecular weight is 310 g/mol. The first-order valence-electron chi connectivity index (χ1n) is 7.05. The topological polar surface area (TPSA) is 81.4 Å². The fourth-order valence-electron chi connectivity index (χ4n) is 2.54. The molecular weight excluding hydrogens is 292 g/mol. The predicted octanol–water partition coefficient (Wildman–Crippen LogP) is 1.82. The number of sulfonamides is 1. The van der Waals surface area contributed by atoms with E-state index in [-0.39, 0.29) is 11.8 Å². The number of hydrogen-bond donors (Lipinski definition) is 1. The number of ether oxygens (including phenoxy) is 1. The standard InChI is InChI=1S/C14H18N2O4S/c17-21(18,16-11-4-3-8-19-9-7-11)10-13-12-5-1-2-6-14(12)20-15-13/h1-2,5-6,11,16H,3-4,7-10H2/t11-/m1/s1. The Morgan fingerprint density at radius 3 is 3.00 bits per heavy atom. The minimum Gasteiger partial charge on any atom is -0.381 e. The number of fused-ring (bicyclic) bond motifs is 1. The molecule has 114 valence electrons. The summed E-state index contributed by atoms with van der Waals surface area (Å²) in [4.78, 5) is 0. The van der Waals surface area contributed by atoms with Gasteiger partial charge in [-0.05, 0) is 31.4 Å². The summed E-state index contributed by atoms with van der Waals surface area (Å²) in [5, 5.41) is 4.62. The lowest BCUT2D eigenvalue weighted by molar-refractivity contribution is 0.143. The molecule has 1 aromatic carbocycles. The van der Waals surface area contributed by atoms with Gasteiger partial charge in [0.05, 0.1) is 0 Å². The second-order valence-corrected chi connectivity index (χ2v) is 7.00. The third-order valence-corrected chi connectivity index (χ3v) is 4.92. The van der Waals surface area contributed by atoms with Crippen LogP contribution in [0.1, 0.15) is 25.0 Å². The van der Waals surface area contributed by atoms with Crippen LogP contribution in [0.3, 0.4) is 0 Å². The second-order valence-electron chi connectivity index (χ2n) is 5.24. The lowest BCUT2D eigenvalue weighted by Gasteiger charge is -2.15. The molecule has 1 aliphatic heterocycles. The van der Waals surface area contributed by atoms with Gasteiger partial charge in [0.2, 0.25) is 10.0 Å². The molecule has 2 aromatic rings. The summed E-state index contributed by atoms with van der Waals surface area (Å²) in [6, 6.07) is 7.20. The van der Waals surface area contributed by atoms with Crippen LogP contribution in [0.4, 0.5) is 0 Å². The zero-order chi connectivity index (χ0) is 14.7. The van der Waals surface area contributed by atoms with E-state index in [2.05, 4.69) is 9.88 Å². The van der Waals surface area contributed by atoms with Gasteiger partial charge in [-0.1, -0.05) is 17.3 Å². The van der Waals surface area contributed by atoms with Crippen LogP contribution in [-0.4, -0.2) is 32.8 Å². The fourth-order valence-corrected chi connectivity index (χ4v) is 3.93. The predicted molar refractivity (Wildman–Crippen MR) is 78.2 cm³/mol. The van der Waals surface area contributed by atoms with E-state index in [4.69, 9.17) is 9.26 Å². The van der Waals surface area contributed by atoms with Crippen molar-refractivity contribution in [2.45, 2.75) is 31.1 Å². The SMILES string of the molecule is O=S(=O)(Cc1noc2ccccc12)N[C@@H]1CCCOCC1. The molecular formula is C14H18N2O4S. The van der Waals surface area contributed by atoms with Crippen LogP contribution in [0.2, 0.25) is 0 Å². The van der Waals surface area contributed by atoms with Crippen molar-refractivity contribution < 1.29 is 17.7 Å². The van der Waals surface area contributed by atoms with E-state index in [9.17, 15) is 8.42 Å². The molecule has 1 N–H and O–H groups in total. The Labute approximate surface area is 123 Å². The normalized spacial score (nSPS) is 20.5. The van der Waals surface area contributed by atoms with Gasteiger partial charge in [0.1, 0.15) is 11.4 Å². The van der Waals surface area contributed by atoms with Gasteiger partial charge in [0.15, 0.2) is 5.58 Å². The minimum absolute atomic E-state index is 0.0596. The van der Waals surface area contributed by atoms with E-state index < -0.39 is 10.0 Å². The van der Waals surface area contributed by atoms with Crippen LogP contribution < -0.4 is 4.72 Å². The van der Waals surface area contributed by atoms with Crippen LogP contribution in [0, 0.1) is 0 Å². The highest BCUT2D eigenvalue weighted by Crippen LogP contribution is 2.20. The van der Waals surface area contributed by atoms with E-state index in [0.29, 0.717) is 30.9 Å². The smallest absolute Gasteiger partial charge is 0.217 e. The molecule has 0 saturated carbocycles. The van der Waals surface area contributed by atoms with Crippen molar-refractivity contribution in [1.29, 1.82) is 0 Å². The molecule has 21 heavy (non-hydrogen) atoms. The maximum atomic E-state index is 12.3. The summed E-state index contributed by atoms with van der Waals surface area (Å²) in [6.45, 7) is 1.30. The lowest BCUT2D eigenvalue weighted by atomic mass is 10.1. The van der Waals surface area contributed by atoms with E-state index in [1.54, 1.807) is 6.07 Å². The summed E-state index contributed by atoms with van der Waals surface area (Å²) in [7, 11) is -3.44. The van der Waals surface area contributed by atoms with E-state index in [1.165, 1.54) is 0 Å². The molecule has 0 amide bonds. The van der Waals surface area contributed by atoms with Gasteiger partial charge in [-0.15, -0.1) is 0 Å². The van der Waals surface area contributed by atoms with Gasteiger partial charge in [-0.3, -0.25) is 0 Å². The Morgan fingerprint density at radius 1 is 1.24 bits per heavy atom. The monoisotopic (exact) mass is 310 g/mol. The zero-order valence-electron chi connectivity index (χ0n) is 11.6. The quantitative estimate of drug-likeness (QED) is 0.931. The first-order chi connectivity index (χ1) is 10.1. The second kappa shape index (κ2) is 6.13. The first kappa shape index (κ1) is 14.5. The Balaban J connectivity index is 1.73. The van der Waals surface area contributed by atoms with Crippen molar-refractivity contribution >= 4 is 21.0 Å². The summed E-state index contributed by atoms with van der Waals surface area (Å²) < 4.78 is 37.8. The summed E-state index contributed by atoms with van der Waals surface area (Å²) >= 11 is 0. The van der Waals surface area contributed by atoms with Crippen molar-refractivity contribution in [2.24, 2.45) is 0 Å². The van der Waals surface area contributed by atoms with Crippen LogP contribution in [0.15, 0.2) is 28.8 Å². The third kappa shape index (κ3) is 3.61. The molecule has 1 fully saturated rings. The molecule has 0 spiro atoms. The highest BCUT2D eigenvalue weighted by atomic mass is 32.2. The summed E-state index contributed by atoms with van der Waals surface area (Å²) in [5.41, 5.74) is 1.05. The average Bonchev–Trinajstić information content (AvgIpc) is 2.68. The molecule has 0 aliphatic carbocycles. The number of nitrogens with zero attached hydrogens (tertiary/aromatic N) is 1. The molecule has 1 atom stereocenters.